The Morgan fingerprint density at radius 2 is 1.85 bits per heavy atom. The van der Waals surface area contributed by atoms with Gasteiger partial charge in [0.2, 0.25) is 0 Å². The second-order valence-electron chi connectivity index (χ2n) is 6.07. The van der Waals surface area contributed by atoms with E-state index in [1.165, 1.54) is 32.4 Å². The van der Waals surface area contributed by atoms with E-state index < -0.39 is 10.0 Å². The number of nitrogens with one attached hydrogen (secondary N) is 1. The first-order valence-electron chi connectivity index (χ1n) is 8.29. The number of benzene rings is 2. The number of carbonyl (C=O) groups is 1. The number of aryl methyl sites for hydroxylation is 1. The van der Waals surface area contributed by atoms with Gasteiger partial charge in [-0.25, -0.2) is 8.42 Å². The van der Waals surface area contributed by atoms with Crippen molar-refractivity contribution in [1.82, 2.24) is 9.79 Å². The number of ether oxygens (including phenoxy) is 1. The molecule has 1 amide bonds. The summed E-state index contributed by atoms with van der Waals surface area (Å²) in [5.41, 5.74) is 2.12. The molecule has 0 aromatic heterocycles. The molecular formula is C19H24N2O5S. The first-order chi connectivity index (χ1) is 12.7. The molecule has 1 N–H and O–H groups in total. The zero-order valence-corrected chi connectivity index (χ0v) is 16.8. The van der Waals surface area contributed by atoms with Gasteiger partial charge in [-0.15, -0.1) is 0 Å². The van der Waals surface area contributed by atoms with Gasteiger partial charge in [0.1, 0.15) is 5.75 Å². The van der Waals surface area contributed by atoms with Crippen LogP contribution in [0.25, 0.3) is 0 Å². The predicted molar refractivity (Wildman–Crippen MR) is 102 cm³/mol. The van der Waals surface area contributed by atoms with Crippen LogP contribution in [-0.4, -0.2) is 40.1 Å². The van der Waals surface area contributed by atoms with E-state index in [2.05, 4.69) is 5.32 Å². The van der Waals surface area contributed by atoms with Gasteiger partial charge in [-0.1, -0.05) is 28.2 Å². The highest BCUT2D eigenvalue weighted by molar-refractivity contribution is 7.89. The van der Waals surface area contributed by atoms with Crippen LogP contribution in [0.2, 0.25) is 0 Å². The molecule has 146 valence electrons. The Kier molecular flexibility index (Phi) is 6.59. The summed E-state index contributed by atoms with van der Waals surface area (Å²) >= 11 is 0. The van der Waals surface area contributed by atoms with Crippen LogP contribution in [0.1, 0.15) is 34.5 Å². The number of methoxy groups -OCH3 is 1. The summed E-state index contributed by atoms with van der Waals surface area (Å²) < 4.78 is 30.8. The van der Waals surface area contributed by atoms with E-state index in [1.807, 2.05) is 32.0 Å². The minimum atomic E-state index is -3.83. The van der Waals surface area contributed by atoms with Gasteiger partial charge in [0.25, 0.3) is 15.9 Å². The monoisotopic (exact) mass is 392 g/mol. The van der Waals surface area contributed by atoms with E-state index >= 15 is 0 Å². The first-order valence-corrected chi connectivity index (χ1v) is 9.73. The first kappa shape index (κ1) is 20.9. The van der Waals surface area contributed by atoms with Crippen LogP contribution in [0.4, 0.5) is 0 Å². The van der Waals surface area contributed by atoms with Crippen molar-refractivity contribution in [3.8, 4) is 5.75 Å². The van der Waals surface area contributed by atoms with Gasteiger partial charge >= 0.3 is 0 Å². The molecule has 0 aliphatic heterocycles. The largest absolute Gasteiger partial charge is 0.496 e. The fourth-order valence-corrected chi connectivity index (χ4v) is 3.61. The van der Waals surface area contributed by atoms with Crippen molar-refractivity contribution in [2.24, 2.45) is 0 Å². The van der Waals surface area contributed by atoms with Gasteiger partial charge in [-0.05, 0) is 38.1 Å². The second-order valence-corrected chi connectivity index (χ2v) is 8.00. The topological polar surface area (TPSA) is 84.9 Å². The van der Waals surface area contributed by atoms with Gasteiger partial charge in [0, 0.05) is 18.2 Å². The zero-order valence-electron chi connectivity index (χ0n) is 16.0. The number of amides is 1. The average molecular weight is 392 g/mol. The Labute approximate surface area is 159 Å². The number of hydrogen-bond donors (Lipinski definition) is 1. The van der Waals surface area contributed by atoms with Crippen LogP contribution in [0, 0.1) is 6.92 Å². The summed E-state index contributed by atoms with van der Waals surface area (Å²) in [6.45, 7) is 3.80. The predicted octanol–water partition coefficient (Wildman–Crippen LogP) is 2.68. The van der Waals surface area contributed by atoms with Crippen LogP contribution >= 0.6 is 0 Å². The number of hydroxylamine groups is 1. The molecule has 0 aliphatic rings. The maximum Gasteiger partial charge on any atom is 0.264 e. The van der Waals surface area contributed by atoms with Crippen LogP contribution in [0.15, 0.2) is 47.4 Å². The molecule has 8 heteroatoms. The van der Waals surface area contributed by atoms with Crippen molar-refractivity contribution < 1.29 is 22.8 Å². The van der Waals surface area contributed by atoms with E-state index in [-0.39, 0.29) is 22.4 Å². The van der Waals surface area contributed by atoms with E-state index in [0.717, 1.165) is 15.6 Å². The van der Waals surface area contributed by atoms with Crippen LogP contribution in [0.5, 0.6) is 5.75 Å². The standard InChI is InChI=1S/C19H24N2O5S/c1-13-9-10-18(25-4)17(11-13)14(2)20-19(22)15-7-6-8-16(12-15)27(23,24)21(3)26-5/h6-12,14H,1-5H3,(H,20,22)/t14-/m0/s1. The Morgan fingerprint density at radius 3 is 2.48 bits per heavy atom. The third-order valence-electron chi connectivity index (χ3n) is 4.19. The van der Waals surface area contributed by atoms with E-state index in [1.54, 1.807) is 13.2 Å². The highest BCUT2D eigenvalue weighted by atomic mass is 32.2. The number of sulfonamides is 1. The molecule has 2 rings (SSSR count). The highest BCUT2D eigenvalue weighted by Gasteiger charge is 2.22. The van der Waals surface area contributed by atoms with Crippen LogP contribution in [-0.2, 0) is 14.9 Å². The third kappa shape index (κ3) is 4.65. The van der Waals surface area contributed by atoms with Crippen molar-refractivity contribution in [3.05, 3.63) is 59.2 Å². The second kappa shape index (κ2) is 8.51. The SMILES string of the molecule is COc1ccc(C)cc1[C@H](C)NC(=O)c1cccc(S(=O)(=O)N(C)OC)c1. The molecule has 2 aromatic rings. The lowest BCUT2D eigenvalue weighted by atomic mass is 10.0. The van der Waals surface area contributed by atoms with Crippen LogP contribution < -0.4 is 10.1 Å². The van der Waals surface area contributed by atoms with Crippen molar-refractivity contribution in [1.29, 1.82) is 0 Å². The van der Waals surface area contributed by atoms with E-state index in [0.29, 0.717) is 5.75 Å². The van der Waals surface area contributed by atoms with Gasteiger partial charge < -0.3 is 10.1 Å². The minimum Gasteiger partial charge on any atom is -0.496 e. The normalized spacial score (nSPS) is 12.7. The molecular weight excluding hydrogens is 368 g/mol. The molecule has 0 fully saturated rings. The molecule has 1 atom stereocenters. The Bertz CT molecular complexity index is 927. The van der Waals surface area contributed by atoms with Gasteiger partial charge in [-0.2, -0.15) is 0 Å². The summed E-state index contributed by atoms with van der Waals surface area (Å²) in [7, 11) is 0.283. The average Bonchev–Trinajstić information content (AvgIpc) is 2.67. The molecule has 0 saturated carbocycles. The van der Waals surface area contributed by atoms with Crippen molar-refractivity contribution >= 4 is 15.9 Å². The number of rotatable bonds is 7. The fourth-order valence-electron chi connectivity index (χ4n) is 2.59. The van der Waals surface area contributed by atoms with Gasteiger partial charge in [-0.3, -0.25) is 9.63 Å². The summed E-state index contributed by atoms with van der Waals surface area (Å²) in [4.78, 5) is 17.4. The minimum absolute atomic E-state index is 0.0275. The summed E-state index contributed by atoms with van der Waals surface area (Å²) in [6, 6.07) is 11.2. The Balaban J connectivity index is 2.27. The number of hydrogen-bond acceptors (Lipinski definition) is 5. The molecule has 0 spiro atoms. The third-order valence-corrected chi connectivity index (χ3v) is 5.86. The molecule has 0 radical (unpaired) electrons. The number of carbonyl (C=O) groups excluding carboxylic acids is 1. The lowest BCUT2D eigenvalue weighted by Gasteiger charge is -2.18. The smallest absolute Gasteiger partial charge is 0.264 e. The van der Waals surface area contributed by atoms with Crippen LogP contribution in [0.3, 0.4) is 0 Å². The maximum atomic E-state index is 12.6. The fraction of sp³-hybridized carbons (Fsp3) is 0.316. The van der Waals surface area contributed by atoms with Crippen molar-refractivity contribution in [2.75, 3.05) is 21.3 Å². The Morgan fingerprint density at radius 1 is 1.15 bits per heavy atom. The molecule has 0 saturated heterocycles. The van der Waals surface area contributed by atoms with E-state index in [4.69, 9.17) is 9.57 Å². The lowest BCUT2D eigenvalue weighted by molar-refractivity contribution is -0.0258. The molecule has 2 aromatic carbocycles. The number of nitrogens with zero attached hydrogens (tertiary/aromatic N) is 1. The van der Waals surface area contributed by atoms with E-state index in [9.17, 15) is 13.2 Å². The Hall–Kier alpha value is -2.42. The molecule has 0 aliphatic carbocycles. The van der Waals surface area contributed by atoms with Gasteiger partial charge in [0.15, 0.2) is 0 Å². The maximum absolute atomic E-state index is 12.6. The molecule has 0 bridgehead atoms. The summed E-state index contributed by atoms with van der Waals surface area (Å²) in [6.07, 6.45) is 0. The molecule has 27 heavy (non-hydrogen) atoms. The van der Waals surface area contributed by atoms with Crippen molar-refractivity contribution in [2.45, 2.75) is 24.8 Å². The van der Waals surface area contributed by atoms with Gasteiger partial charge in [0.05, 0.1) is 25.2 Å². The molecule has 0 heterocycles. The zero-order chi connectivity index (χ0) is 20.2. The van der Waals surface area contributed by atoms with Crippen molar-refractivity contribution in [3.63, 3.8) is 0 Å². The lowest BCUT2D eigenvalue weighted by Crippen LogP contribution is -2.28. The highest BCUT2D eigenvalue weighted by Crippen LogP contribution is 2.26. The quantitative estimate of drug-likeness (QED) is 0.733. The molecule has 0 unspecified atom stereocenters. The summed E-state index contributed by atoms with van der Waals surface area (Å²) in [5, 5.41) is 2.88. The molecule has 7 nitrogen and oxygen atoms in total. The summed E-state index contributed by atoms with van der Waals surface area (Å²) in [5.74, 6) is 0.287.